The van der Waals surface area contributed by atoms with Gasteiger partial charge in [-0.15, -0.1) is 10.2 Å². The van der Waals surface area contributed by atoms with E-state index in [0.717, 1.165) is 11.1 Å². The third-order valence-corrected chi connectivity index (χ3v) is 4.33. The summed E-state index contributed by atoms with van der Waals surface area (Å²) in [4.78, 5) is 14.7. The van der Waals surface area contributed by atoms with Gasteiger partial charge in [-0.1, -0.05) is 6.07 Å². The number of morpholine rings is 1. The number of benzene rings is 1. The molecule has 0 saturated carbocycles. The monoisotopic (exact) mass is 329 g/mol. The quantitative estimate of drug-likeness (QED) is 0.839. The smallest absolute Gasteiger partial charge is 0.254 e. The van der Waals surface area contributed by atoms with Crippen molar-refractivity contribution in [2.24, 2.45) is 0 Å². The average molecular weight is 329 g/mol. The summed E-state index contributed by atoms with van der Waals surface area (Å²) in [6, 6.07) is 5.76. The molecule has 2 aliphatic heterocycles. The molecule has 0 unspecified atom stereocenters. The molecule has 0 radical (unpaired) electrons. The average Bonchev–Trinajstić information content (AvgIpc) is 3.21. The van der Waals surface area contributed by atoms with Crippen LogP contribution in [0.25, 0.3) is 0 Å². The first-order valence-corrected chi connectivity index (χ1v) is 8.04. The number of ether oxygens (including phenoxy) is 2. The molecule has 0 N–H and O–H groups in total. The molecule has 2 aromatic rings. The molecule has 0 aliphatic carbocycles. The van der Waals surface area contributed by atoms with Gasteiger partial charge in [0.25, 0.3) is 5.91 Å². The lowest BCUT2D eigenvalue weighted by atomic mass is 10.0. The highest BCUT2D eigenvalue weighted by atomic mass is 16.5. The molecule has 4 rings (SSSR count). The second kappa shape index (κ2) is 5.99. The lowest BCUT2D eigenvalue weighted by Crippen LogP contribution is -2.46. The molecular weight excluding hydrogens is 310 g/mol. The van der Waals surface area contributed by atoms with Gasteiger partial charge in [0.05, 0.1) is 25.9 Å². The number of carbonyl (C=O) groups is 1. The molecule has 2 aliphatic rings. The first-order chi connectivity index (χ1) is 11.6. The number of rotatable bonds is 2. The van der Waals surface area contributed by atoms with E-state index in [1.807, 2.05) is 25.1 Å². The van der Waals surface area contributed by atoms with Crippen molar-refractivity contribution < 1.29 is 18.7 Å². The third-order valence-electron chi connectivity index (χ3n) is 4.33. The van der Waals surface area contributed by atoms with Gasteiger partial charge in [-0.3, -0.25) is 4.79 Å². The van der Waals surface area contributed by atoms with Crippen molar-refractivity contribution >= 4 is 5.91 Å². The van der Waals surface area contributed by atoms with Crippen molar-refractivity contribution in [1.29, 1.82) is 0 Å². The fourth-order valence-electron chi connectivity index (χ4n) is 3.18. The summed E-state index contributed by atoms with van der Waals surface area (Å²) in [6.07, 6.45) is -0.491. The Labute approximate surface area is 139 Å². The van der Waals surface area contributed by atoms with Crippen LogP contribution in [0.3, 0.4) is 0 Å². The number of fused-ring (bicyclic) bond motifs is 1. The Morgan fingerprint density at radius 2 is 2.04 bits per heavy atom. The SMILES string of the molecule is Cc1nnc([C@H]2CN(C(=O)c3ccc4c(c3)COC4)C[C@@H](C)O2)o1. The predicted octanol–water partition coefficient (Wildman–Crippen LogP) is 2.01. The van der Waals surface area contributed by atoms with E-state index >= 15 is 0 Å². The van der Waals surface area contributed by atoms with E-state index in [-0.39, 0.29) is 12.0 Å². The molecule has 7 heteroatoms. The van der Waals surface area contributed by atoms with Crippen LogP contribution in [0.1, 0.15) is 46.3 Å². The van der Waals surface area contributed by atoms with Crippen LogP contribution in [0.4, 0.5) is 0 Å². The Morgan fingerprint density at radius 1 is 1.21 bits per heavy atom. The van der Waals surface area contributed by atoms with Gasteiger partial charge in [-0.05, 0) is 30.2 Å². The van der Waals surface area contributed by atoms with Crippen molar-refractivity contribution in [1.82, 2.24) is 15.1 Å². The number of aromatic nitrogens is 2. The lowest BCUT2D eigenvalue weighted by molar-refractivity contribution is -0.0796. The van der Waals surface area contributed by atoms with Gasteiger partial charge in [0.15, 0.2) is 6.10 Å². The molecule has 1 aromatic heterocycles. The fraction of sp³-hybridized carbons (Fsp3) is 0.471. The maximum Gasteiger partial charge on any atom is 0.254 e. The summed E-state index contributed by atoms with van der Waals surface area (Å²) in [5.41, 5.74) is 2.92. The van der Waals surface area contributed by atoms with E-state index in [1.54, 1.807) is 11.8 Å². The minimum Gasteiger partial charge on any atom is -0.423 e. The number of aryl methyl sites for hydroxylation is 1. The molecule has 1 fully saturated rings. The number of hydrogen-bond donors (Lipinski definition) is 0. The van der Waals surface area contributed by atoms with Crippen LogP contribution in [0.2, 0.25) is 0 Å². The summed E-state index contributed by atoms with van der Waals surface area (Å²) in [5, 5.41) is 7.86. The normalized spacial score (nSPS) is 23.3. The van der Waals surface area contributed by atoms with Gasteiger partial charge in [0, 0.05) is 19.0 Å². The highest BCUT2D eigenvalue weighted by Gasteiger charge is 2.33. The van der Waals surface area contributed by atoms with Crippen LogP contribution in [0.15, 0.2) is 22.6 Å². The standard InChI is InChI=1S/C17H19N3O4/c1-10-6-20(7-15(23-10)16-19-18-11(2)24-16)17(21)12-3-4-13-8-22-9-14(13)5-12/h3-5,10,15H,6-9H2,1-2H3/t10-,15-/m1/s1. The molecular formula is C17H19N3O4. The Hall–Kier alpha value is -2.25. The first-order valence-electron chi connectivity index (χ1n) is 8.04. The van der Waals surface area contributed by atoms with E-state index in [4.69, 9.17) is 13.9 Å². The van der Waals surface area contributed by atoms with Crippen molar-refractivity contribution in [3.05, 3.63) is 46.7 Å². The third kappa shape index (κ3) is 2.81. The second-order valence-corrected chi connectivity index (χ2v) is 6.28. The van der Waals surface area contributed by atoms with Gasteiger partial charge in [-0.25, -0.2) is 0 Å². The Kier molecular flexibility index (Phi) is 3.82. The second-order valence-electron chi connectivity index (χ2n) is 6.28. The number of carbonyl (C=O) groups excluding carboxylic acids is 1. The lowest BCUT2D eigenvalue weighted by Gasteiger charge is -2.35. The Balaban J connectivity index is 1.55. The molecule has 7 nitrogen and oxygen atoms in total. The van der Waals surface area contributed by atoms with Crippen LogP contribution in [0, 0.1) is 6.92 Å². The van der Waals surface area contributed by atoms with Gasteiger partial charge in [0.1, 0.15) is 0 Å². The maximum atomic E-state index is 12.9. The van der Waals surface area contributed by atoms with Gasteiger partial charge < -0.3 is 18.8 Å². The molecule has 1 aromatic carbocycles. The van der Waals surface area contributed by atoms with Crippen molar-refractivity contribution in [2.75, 3.05) is 13.1 Å². The summed E-state index contributed by atoms with van der Waals surface area (Å²) < 4.78 is 16.7. The van der Waals surface area contributed by atoms with E-state index in [0.29, 0.717) is 43.6 Å². The van der Waals surface area contributed by atoms with E-state index in [2.05, 4.69) is 10.2 Å². The molecule has 0 spiro atoms. The highest BCUT2D eigenvalue weighted by Crippen LogP contribution is 2.27. The molecule has 126 valence electrons. The zero-order chi connectivity index (χ0) is 16.7. The Bertz CT molecular complexity index is 773. The fourth-order valence-corrected chi connectivity index (χ4v) is 3.18. The summed E-state index contributed by atoms with van der Waals surface area (Å²) in [6.45, 7) is 5.80. The molecule has 1 saturated heterocycles. The van der Waals surface area contributed by atoms with Crippen LogP contribution >= 0.6 is 0 Å². The topological polar surface area (TPSA) is 77.7 Å². The molecule has 0 bridgehead atoms. The number of nitrogens with zero attached hydrogens (tertiary/aromatic N) is 3. The van der Waals surface area contributed by atoms with Gasteiger partial charge in [0.2, 0.25) is 11.8 Å². The van der Waals surface area contributed by atoms with E-state index in [9.17, 15) is 4.79 Å². The van der Waals surface area contributed by atoms with Crippen LogP contribution in [-0.2, 0) is 22.7 Å². The number of hydrogen-bond acceptors (Lipinski definition) is 6. The summed E-state index contributed by atoms with van der Waals surface area (Å²) >= 11 is 0. The van der Waals surface area contributed by atoms with Gasteiger partial charge >= 0.3 is 0 Å². The maximum absolute atomic E-state index is 12.9. The summed E-state index contributed by atoms with van der Waals surface area (Å²) in [7, 11) is 0. The molecule has 24 heavy (non-hydrogen) atoms. The van der Waals surface area contributed by atoms with Crippen LogP contribution in [0.5, 0.6) is 0 Å². The largest absolute Gasteiger partial charge is 0.423 e. The van der Waals surface area contributed by atoms with Crippen molar-refractivity contribution in [3.8, 4) is 0 Å². The van der Waals surface area contributed by atoms with Gasteiger partial charge in [-0.2, -0.15) is 0 Å². The molecule has 1 amide bonds. The zero-order valence-electron chi connectivity index (χ0n) is 13.7. The minimum atomic E-state index is -0.392. The summed E-state index contributed by atoms with van der Waals surface area (Å²) in [5.74, 6) is 0.892. The molecule has 2 atom stereocenters. The van der Waals surface area contributed by atoms with Crippen molar-refractivity contribution in [2.45, 2.75) is 39.3 Å². The van der Waals surface area contributed by atoms with E-state index < -0.39 is 6.10 Å². The highest BCUT2D eigenvalue weighted by molar-refractivity contribution is 5.94. The number of amides is 1. The van der Waals surface area contributed by atoms with Crippen molar-refractivity contribution in [3.63, 3.8) is 0 Å². The Morgan fingerprint density at radius 3 is 2.83 bits per heavy atom. The molecule has 3 heterocycles. The zero-order valence-corrected chi connectivity index (χ0v) is 13.7. The minimum absolute atomic E-state index is 0.0129. The predicted molar refractivity (Wildman–Crippen MR) is 83.2 cm³/mol. The first kappa shape index (κ1) is 15.3. The van der Waals surface area contributed by atoms with Crippen LogP contribution < -0.4 is 0 Å². The van der Waals surface area contributed by atoms with E-state index in [1.165, 1.54) is 0 Å². The van der Waals surface area contributed by atoms with Crippen LogP contribution in [-0.4, -0.2) is 40.2 Å².